The van der Waals surface area contributed by atoms with E-state index in [1.54, 1.807) is 0 Å². The predicted molar refractivity (Wildman–Crippen MR) is 44.1 cm³/mol. The van der Waals surface area contributed by atoms with Gasteiger partial charge in [0.1, 0.15) is 0 Å². The van der Waals surface area contributed by atoms with Crippen LogP contribution in [0, 0.1) is 11.6 Å². The van der Waals surface area contributed by atoms with Gasteiger partial charge in [0.2, 0.25) is 0 Å². The van der Waals surface area contributed by atoms with Crippen molar-refractivity contribution in [2.75, 3.05) is 5.73 Å². The summed E-state index contributed by atoms with van der Waals surface area (Å²) in [6.07, 6.45) is 1.15. The first-order valence-corrected chi connectivity index (χ1v) is 3.70. The van der Waals surface area contributed by atoms with Gasteiger partial charge in [-0.05, 0) is 6.07 Å². The molecule has 4 nitrogen and oxygen atoms in total. The molecule has 0 aliphatic rings. The minimum atomic E-state index is -1.01. The maximum absolute atomic E-state index is 12.8. The van der Waals surface area contributed by atoms with Crippen LogP contribution < -0.4 is 5.73 Å². The van der Waals surface area contributed by atoms with Crippen LogP contribution >= 0.6 is 0 Å². The Kier molecular flexibility index (Phi) is 1.88. The van der Waals surface area contributed by atoms with E-state index in [0.717, 1.165) is 18.5 Å². The SMILES string of the molecule is Nc1cc(F)c(F)cc1-c1ncno1. The molecule has 0 spiro atoms. The number of nitrogens with zero attached hydrogens (tertiary/aromatic N) is 2. The van der Waals surface area contributed by atoms with E-state index in [4.69, 9.17) is 5.73 Å². The van der Waals surface area contributed by atoms with Crippen LogP contribution in [0.4, 0.5) is 14.5 Å². The second-order valence-corrected chi connectivity index (χ2v) is 2.60. The molecule has 14 heavy (non-hydrogen) atoms. The summed E-state index contributed by atoms with van der Waals surface area (Å²) < 4.78 is 30.2. The fraction of sp³-hybridized carbons (Fsp3) is 0. The lowest BCUT2D eigenvalue weighted by Crippen LogP contribution is -1.94. The monoisotopic (exact) mass is 197 g/mol. The van der Waals surface area contributed by atoms with Crippen LogP contribution in [0.3, 0.4) is 0 Å². The Morgan fingerprint density at radius 1 is 1.21 bits per heavy atom. The summed E-state index contributed by atoms with van der Waals surface area (Å²) in [4.78, 5) is 3.67. The zero-order valence-electron chi connectivity index (χ0n) is 6.87. The van der Waals surface area contributed by atoms with E-state index in [0.29, 0.717) is 0 Å². The number of anilines is 1. The number of hydrogen-bond acceptors (Lipinski definition) is 4. The number of hydrogen-bond donors (Lipinski definition) is 1. The molecule has 0 atom stereocenters. The molecule has 0 saturated carbocycles. The van der Waals surface area contributed by atoms with E-state index < -0.39 is 11.6 Å². The third-order valence-corrected chi connectivity index (χ3v) is 1.68. The Balaban J connectivity index is 2.60. The lowest BCUT2D eigenvalue weighted by Gasteiger charge is -2.01. The molecule has 0 radical (unpaired) electrons. The van der Waals surface area contributed by atoms with Crippen LogP contribution in [0.1, 0.15) is 0 Å². The largest absolute Gasteiger partial charge is 0.398 e. The number of benzene rings is 1. The number of nitrogens with two attached hydrogens (primary N) is 1. The summed E-state index contributed by atoms with van der Waals surface area (Å²) in [6, 6.07) is 1.78. The molecule has 0 saturated heterocycles. The van der Waals surface area contributed by atoms with Crippen LogP contribution in [0.5, 0.6) is 0 Å². The van der Waals surface area contributed by atoms with Gasteiger partial charge in [-0.2, -0.15) is 4.98 Å². The van der Waals surface area contributed by atoms with Gasteiger partial charge in [0, 0.05) is 11.8 Å². The zero-order valence-corrected chi connectivity index (χ0v) is 6.87. The molecule has 2 aromatic rings. The van der Waals surface area contributed by atoms with Gasteiger partial charge in [-0.15, -0.1) is 0 Å². The van der Waals surface area contributed by atoms with Gasteiger partial charge in [-0.3, -0.25) is 0 Å². The highest BCUT2D eigenvalue weighted by Crippen LogP contribution is 2.25. The first kappa shape index (κ1) is 8.61. The zero-order chi connectivity index (χ0) is 10.1. The van der Waals surface area contributed by atoms with Crippen molar-refractivity contribution in [1.82, 2.24) is 10.1 Å². The average molecular weight is 197 g/mol. The molecule has 0 bridgehead atoms. The standard InChI is InChI=1S/C8H5F2N3O/c9-5-1-4(7(11)2-6(5)10)8-12-3-13-14-8/h1-3H,11H2. The van der Waals surface area contributed by atoms with Gasteiger partial charge in [-0.1, -0.05) is 5.16 Å². The summed E-state index contributed by atoms with van der Waals surface area (Å²) in [6.45, 7) is 0. The van der Waals surface area contributed by atoms with Crippen LogP contribution in [-0.4, -0.2) is 10.1 Å². The van der Waals surface area contributed by atoms with Crippen molar-refractivity contribution in [2.45, 2.75) is 0 Å². The molecule has 2 rings (SSSR count). The van der Waals surface area contributed by atoms with Gasteiger partial charge < -0.3 is 10.3 Å². The number of aromatic nitrogens is 2. The van der Waals surface area contributed by atoms with Crippen molar-refractivity contribution < 1.29 is 13.3 Å². The van der Waals surface area contributed by atoms with E-state index in [1.807, 2.05) is 0 Å². The molecule has 0 aliphatic carbocycles. The Labute approximate surface area is 77.3 Å². The minimum absolute atomic E-state index is 0.0492. The van der Waals surface area contributed by atoms with Crippen molar-refractivity contribution in [2.24, 2.45) is 0 Å². The third kappa shape index (κ3) is 1.30. The summed E-state index contributed by atoms with van der Waals surface area (Å²) >= 11 is 0. The van der Waals surface area contributed by atoms with Gasteiger partial charge in [0.25, 0.3) is 5.89 Å². The third-order valence-electron chi connectivity index (χ3n) is 1.68. The predicted octanol–water partition coefficient (Wildman–Crippen LogP) is 1.60. The van der Waals surface area contributed by atoms with Gasteiger partial charge in [-0.25, -0.2) is 8.78 Å². The Morgan fingerprint density at radius 3 is 2.57 bits per heavy atom. The molecule has 0 fully saturated rings. The molecule has 1 aromatic heterocycles. The second-order valence-electron chi connectivity index (χ2n) is 2.60. The van der Waals surface area contributed by atoms with E-state index in [-0.39, 0.29) is 17.1 Å². The highest BCUT2D eigenvalue weighted by Gasteiger charge is 2.12. The number of nitrogen functional groups attached to an aromatic ring is 1. The fourth-order valence-electron chi connectivity index (χ4n) is 1.04. The van der Waals surface area contributed by atoms with Crippen LogP contribution in [0.15, 0.2) is 23.0 Å². The molecule has 0 unspecified atom stereocenters. The topological polar surface area (TPSA) is 64.9 Å². The first-order valence-electron chi connectivity index (χ1n) is 3.70. The molecular weight excluding hydrogens is 192 g/mol. The van der Waals surface area contributed by atoms with Crippen molar-refractivity contribution >= 4 is 5.69 Å². The average Bonchev–Trinajstić information content (AvgIpc) is 2.64. The quantitative estimate of drug-likeness (QED) is 0.705. The summed E-state index contributed by atoms with van der Waals surface area (Å²) in [7, 11) is 0. The maximum atomic E-state index is 12.8. The Hall–Kier alpha value is -1.98. The van der Waals surface area contributed by atoms with Gasteiger partial charge in [0.15, 0.2) is 18.0 Å². The summed E-state index contributed by atoms with van der Waals surface area (Å²) in [5.41, 5.74) is 5.68. The van der Waals surface area contributed by atoms with E-state index in [2.05, 4.69) is 14.7 Å². The van der Waals surface area contributed by atoms with Crippen molar-refractivity contribution in [3.63, 3.8) is 0 Å². The second kappa shape index (κ2) is 3.06. The highest BCUT2D eigenvalue weighted by atomic mass is 19.2. The highest BCUT2D eigenvalue weighted by molar-refractivity contribution is 5.70. The normalized spacial score (nSPS) is 10.4. The van der Waals surface area contributed by atoms with Crippen LogP contribution in [-0.2, 0) is 0 Å². The fourth-order valence-corrected chi connectivity index (χ4v) is 1.04. The lowest BCUT2D eigenvalue weighted by molar-refractivity contribution is 0.429. The summed E-state index contributed by atoms with van der Waals surface area (Å²) in [5, 5.41) is 3.33. The van der Waals surface area contributed by atoms with E-state index in [9.17, 15) is 8.78 Å². The maximum Gasteiger partial charge on any atom is 0.259 e. The van der Waals surface area contributed by atoms with Gasteiger partial charge >= 0.3 is 0 Å². The van der Waals surface area contributed by atoms with E-state index in [1.165, 1.54) is 0 Å². The molecule has 1 aromatic carbocycles. The lowest BCUT2D eigenvalue weighted by atomic mass is 10.1. The molecular formula is C8H5F2N3O. The van der Waals surface area contributed by atoms with Crippen LogP contribution in [0.25, 0.3) is 11.5 Å². The molecule has 72 valence electrons. The number of halogens is 2. The minimum Gasteiger partial charge on any atom is -0.398 e. The van der Waals surface area contributed by atoms with Gasteiger partial charge in [0.05, 0.1) is 5.56 Å². The number of rotatable bonds is 1. The first-order chi connectivity index (χ1) is 6.68. The molecule has 0 amide bonds. The Bertz CT molecular complexity index is 456. The summed E-state index contributed by atoms with van der Waals surface area (Å²) in [5.74, 6) is -1.96. The Morgan fingerprint density at radius 2 is 1.93 bits per heavy atom. The smallest absolute Gasteiger partial charge is 0.259 e. The molecule has 6 heteroatoms. The van der Waals surface area contributed by atoms with Crippen molar-refractivity contribution in [3.8, 4) is 11.5 Å². The van der Waals surface area contributed by atoms with Crippen molar-refractivity contribution in [3.05, 3.63) is 30.1 Å². The van der Waals surface area contributed by atoms with E-state index >= 15 is 0 Å². The molecule has 2 N–H and O–H groups in total. The van der Waals surface area contributed by atoms with Crippen molar-refractivity contribution in [1.29, 1.82) is 0 Å². The molecule has 1 heterocycles. The molecule has 0 aliphatic heterocycles. The van der Waals surface area contributed by atoms with Crippen LogP contribution in [0.2, 0.25) is 0 Å².